The zero-order valence-corrected chi connectivity index (χ0v) is 15.0. The molecule has 138 valence electrons. The van der Waals surface area contributed by atoms with E-state index in [1.165, 1.54) is 0 Å². The van der Waals surface area contributed by atoms with E-state index in [1.807, 2.05) is 30.3 Å². The quantitative estimate of drug-likeness (QED) is 0.625. The molecule has 1 N–H and O–H groups in total. The van der Waals surface area contributed by atoms with Crippen molar-refractivity contribution in [1.29, 1.82) is 0 Å². The van der Waals surface area contributed by atoms with Crippen molar-refractivity contribution in [1.82, 2.24) is 10.1 Å². The van der Waals surface area contributed by atoms with Gasteiger partial charge in [-0.3, -0.25) is 9.59 Å². The number of anilines is 1. The highest BCUT2D eigenvalue weighted by atomic mass is 35.5. The number of benzene rings is 2. The standard InChI is InChI=1S/C19H16ClN3O4/c20-14-7-4-8-15(11-14)21-16(24)12-26-18(25)10-9-17-22-19(23-27-17)13-5-2-1-3-6-13/h1-8,11H,9-10,12H2,(H,21,24). The lowest BCUT2D eigenvalue weighted by Crippen LogP contribution is -2.21. The molecule has 3 aromatic rings. The lowest BCUT2D eigenvalue weighted by Gasteiger charge is -2.06. The number of nitrogens with zero attached hydrogens (tertiary/aromatic N) is 2. The fourth-order valence-electron chi connectivity index (χ4n) is 2.25. The van der Waals surface area contributed by atoms with Gasteiger partial charge >= 0.3 is 5.97 Å². The number of rotatable bonds is 7. The molecule has 1 heterocycles. The van der Waals surface area contributed by atoms with E-state index in [-0.39, 0.29) is 19.4 Å². The van der Waals surface area contributed by atoms with E-state index in [0.29, 0.717) is 22.4 Å². The van der Waals surface area contributed by atoms with Crippen molar-refractivity contribution in [3.63, 3.8) is 0 Å². The average Bonchev–Trinajstić information content (AvgIpc) is 3.14. The Labute approximate surface area is 160 Å². The molecule has 1 amide bonds. The Kier molecular flexibility index (Phi) is 6.17. The molecule has 0 aliphatic rings. The van der Waals surface area contributed by atoms with Gasteiger partial charge in [0.25, 0.3) is 5.91 Å². The monoisotopic (exact) mass is 385 g/mol. The number of esters is 1. The molecule has 0 saturated carbocycles. The van der Waals surface area contributed by atoms with Crippen molar-refractivity contribution in [2.24, 2.45) is 0 Å². The Hall–Kier alpha value is -3.19. The van der Waals surface area contributed by atoms with Crippen molar-refractivity contribution in [2.45, 2.75) is 12.8 Å². The highest BCUT2D eigenvalue weighted by Gasteiger charge is 2.12. The van der Waals surface area contributed by atoms with E-state index in [4.69, 9.17) is 20.9 Å². The number of amides is 1. The van der Waals surface area contributed by atoms with Crippen LogP contribution in [0.1, 0.15) is 12.3 Å². The summed E-state index contributed by atoms with van der Waals surface area (Å²) in [4.78, 5) is 27.8. The van der Waals surface area contributed by atoms with Gasteiger partial charge in [-0.2, -0.15) is 4.98 Å². The number of hydrogen-bond acceptors (Lipinski definition) is 6. The minimum Gasteiger partial charge on any atom is -0.456 e. The first-order chi connectivity index (χ1) is 13.1. The highest BCUT2D eigenvalue weighted by Crippen LogP contribution is 2.16. The topological polar surface area (TPSA) is 94.3 Å². The second-order valence-electron chi connectivity index (χ2n) is 5.60. The van der Waals surface area contributed by atoms with Gasteiger partial charge in [-0.1, -0.05) is 53.2 Å². The lowest BCUT2D eigenvalue weighted by molar-refractivity contribution is -0.147. The molecule has 0 bridgehead atoms. The van der Waals surface area contributed by atoms with Crippen LogP contribution in [0.15, 0.2) is 59.1 Å². The summed E-state index contributed by atoms with van der Waals surface area (Å²) in [7, 11) is 0. The fourth-order valence-corrected chi connectivity index (χ4v) is 2.44. The summed E-state index contributed by atoms with van der Waals surface area (Å²) in [6, 6.07) is 16.0. The van der Waals surface area contributed by atoms with E-state index < -0.39 is 11.9 Å². The molecule has 8 heteroatoms. The summed E-state index contributed by atoms with van der Waals surface area (Å²) >= 11 is 5.84. The zero-order valence-electron chi connectivity index (χ0n) is 14.2. The molecule has 27 heavy (non-hydrogen) atoms. The van der Waals surface area contributed by atoms with Crippen LogP contribution in [0.3, 0.4) is 0 Å². The van der Waals surface area contributed by atoms with Crippen LogP contribution in [0, 0.1) is 0 Å². The third-order valence-electron chi connectivity index (χ3n) is 3.52. The lowest BCUT2D eigenvalue weighted by atomic mass is 10.2. The SMILES string of the molecule is O=C(COC(=O)CCc1nc(-c2ccccc2)no1)Nc1cccc(Cl)c1. The number of carbonyl (C=O) groups excluding carboxylic acids is 2. The van der Waals surface area contributed by atoms with E-state index in [2.05, 4.69) is 15.5 Å². The summed E-state index contributed by atoms with van der Waals surface area (Å²) in [5, 5.41) is 6.97. The molecule has 0 aliphatic carbocycles. The number of aromatic nitrogens is 2. The Morgan fingerprint density at radius 3 is 2.70 bits per heavy atom. The van der Waals surface area contributed by atoms with Crippen LogP contribution in [0.5, 0.6) is 0 Å². The molecular formula is C19H16ClN3O4. The molecule has 0 radical (unpaired) electrons. The van der Waals surface area contributed by atoms with Crippen molar-refractivity contribution in [3.05, 3.63) is 65.5 Å². The second kappa shape index (κ2) is 8.95. The van der Waals surface area contributed by atoms with Crippen LogP contribution < -0.4 is 5.32 Å². The molecule has 1 aromatic heterocycles. The molecular weight excluding hydrogens is 370 g/mol. The fraction of sp³-hybridized carbons (Fsp3) is 0.158. The van der Waals surface area contributed by atoms with Crippen molar-refractivity contribution < 1.29 is 18.8 Å². The van der Waals surface area contributed by atoms with E-state index >= 15 is 0 Å². The van der Waals surface area contributed by atoms with Crippen LogP contribution in [0.2, 0.25) is 5.02 Å². The molecule has 0 spiro atoms. The molecule has 0 aliphatic heterocycles. The summed E-state index contributed by atoms with van der Waals surface area (Å²) in [5.74, 6) is -0.195. The zero-order chi connectivity index (χ0) is 19.1. The summed E-state index contributed by atoms with van der Waals surface area (Å²) in [6.07, 6.45) is 0.259. The molecule has 2 aromatic carbocycles. The first-order valence-electron chi connectivity index (χ1n) is 8.19. The van der Waals surface area contributed by atoms with Gasteiger partial charge in [0.05, 0.1) is 6.42 Å². The summed E-state index contributed by atoms with van der Waals surface area (Å²) in [6.45, 7) is -0.384. The van der Waals surface area contributed by atoms with Gasteiger partial charge in [0.2, 0.25) is 11.7 Å². The summed E-state index contributed by atoms with van der Waals surface area (Å²) < 4.78 is 10.1. The van der Waals surface area contributed by atoms with Crippen LogP contribution in [0.4, 0.5) is 5.69 Å². The number of nitrogens with one attached hydrogen (secondary N) is 1. The van der Waals surface area contributed by atoms with E-state index in [1.54, 1.807) is 24.3 Å². The van der Waals surface area contributed by atoms with Crippen molar-refractivity contribution in [2.75, 3.05) is 11.9 Å². The molecule has 7 nitrogen and oxygen atoms in total. The smallest absolute Gasteiger partial charge is 0.306 e. The van der Waals surface area contributed by atoms with Gasteiger partial charge in [-0.25, -0.2) is 0 Å². The van der Waals surface area contributed by atoms with Crippen LogP contribution in [-0.4, -0.2) is 28.6 Å². The predicted octanol–water partition coefficient (Wildman–Crippen LogP) is 3.50. The van der Waals surface area contributed by atoms with Crippen LogP contribution in [0.25, 0.3) is 11.4 Å². The number of carbonyl (C=O) groups is 2. The second-order valence-corrected chi connectivity index (χ2v) is 6.03. The maximum absolute atomic E-state index is 11.8. The third-order valence-corrected chi connectivity index (χ3v) is 3.75. The Morgan fingerprint density at radius 2 is 1.93 bits per heavy atom. The Balaban J connectivity index is 1.42. The average molecular weight is 386 g/mol. The van der Waals surface area contributed by atoms with Crippen molar-refractivity contribution >= 4 is 29.2 Å². The maximum Gasteiger partial charge on any atom is 0.306 e. The molecule has 0 unspecified atom stereocenters. The molecule has 0 atom stereocenters. The molecule has 0 fully saturated rings. The van der Waals surface area contributed by atoms with Crippen molar-refractivity contribution in [3.8, 4) is 11.4 Å². The van der Waals surface area contributed by atoms with E-state index in [0.717, 1.165) is 5.56 Å². The number of aryl methyl sites for hydroxylation is 1. The number of hydrogen-bond donors (Lipinski definition) is 1. The maximum atomic E-state index is 11.8. The van der Waals surface area contributed by atoms with Gasteiger partial charge in [-0.15, -0.1) is 0 Å². The van der Waals surface area contributed by atoms with Gasteiger partial charge < -0.3 is 14.6 Å². The number of ether oxygens (including phenoxy) is 1. The minimum absolute atomic E-state index is 0.0286. The predicted molar refractivity (Wildman–Crippen MR) is 99.1 cm³/mol. The third kappa shape index (κ3) is 5.65. The van der Waals surface area contributed by atoms with Crippen LogP contribution in [-0.2, 0) is 20.7 Å². The van der Waals surface area contributed by atoms with Gasteiger partial charge in [-0.05, 0) is 18.2 Å². The van der Waals surface area contributed by atoms with Crippen LogP contribution >= 0.6 is 11.6 Å². The molecule has 0 saturated heterocycles. The Morgan fingerprint density at radius 1 is 1.11 bits per heavy atom. The van der Waals surface area contributed by atoms with E-state index in [9.17, 15) is 9.59 Å². The van der Waals surface area contributed by atoms with Gasteiger partial charge in [0, 0.05) is 22.7 Å². The van der Waals surface area contributed by atoms with Gasteiger partial charge in [0.15, 0.2) is 6.61 Å². The normalized spacial score (nSPS) is 10.4. The first kappa shape index (κ1) is 18.6. The number of halogens is 1. The first-order valence-corrected chi connectivity index (χ1v) is 8.57. The summed E-state index contributed by atoms with van der Waals surface area (Å²) in [5.41, 5.74) is 1.36. The highest BCUT2D eigenvalue weighted by molar-refractivity contribution is 6.30. The largest absolute Gasteiger partial charge is 0.456 e. The molecule has 3 rings (SSSR count). The van der Waals surface area contributed by atoms with Gasteiger partial charge in [0.1, 0.15) is 0 Å². The minimum atomic E-state index is -0.532. The Bertz CT molecular complexity index is 927.